The largest absolute Gasteiger partial charge is 0.316 e. The Hall–Kier alpha value is -6.00. The van der Waals surface area contributed by atoms with Crippen molar-refractivity contribution in [2.45, 2.75) is 12.8 Å². The van der Waals surface area contributed by atoms with Crippen LogP contribution in [0.3, 0.4) is 0 Å². The molecule has 0 radical (unpaired) electrons. The lowest BCUT2D eigenvalue weighted by Gasteiger charge is -2.11. The molecule has 0 saturated heterocycles. The molecular weight excluding hydrogens is 560 g/mol. The second-order valence-corrected chi connectivity index (χ2v) is 11.8. The molecule has 0 fully saturated rings. The Labute approximate surface area is 266 Å². The summed E-state index contributed by atoms with van der Waals surface area (Å²) in [6.07, 6.45) is 10.3. The molecule has 218 valence electrons. The Morgan fingerprint density at radius 1 is 0.609 bits per heavy atom. The SMILES string of the molecule is C=CCC/C=C/n1c2ccccc2c2c3ccccc3c(-c3ccc4c(c3)c3ccccc3n4-c3ncc4ccccc4n3)cc21. The first-order valence-corrected chi connectivity index (χ1v) is 15.8. The Kier molecular flexibility index (Phi) is 6.07. The third-order valence-electron chi connectivity index (χ3n) is 9.17. The van der Waals surface area contributed by atoms with Gasteiger partial charge in [-0.25, -0.2) is 9.97 Å². The van der Waals surface area contributed by atoms with Gasteiger partial charge in [-0.3, -0.25) is 4.57 Å². The Morgan fingerprint density at radius 3 is 2.20 bits per heavy atom. The van der Waals surface area contributed by atoms with Crippen molar-refractivity contribution in [1.82, 2.24) is 19.1 Å². The third kappa shape index (κ3) is 4.00. The first kappa shape index (κ1) is 26.4. The van der Waals surface area contributed by atoms with Gasteiger partial charge >= 0.3 is 0 Å². The second-order valence-electron chi connectivity index (χ2n) is 11.8. The molecule has 0 aliphatic heterocycles. The van der Waals surface area contributed by atoms with Crippen LogP contribution in [0.4, 0.5) is 0 Å². The van der Waals surface area contributed by atoms with Crippen LogP contribution in [-0.2, 0) is 0 Å². The minimum Gasteiger partial charge on any atom is -0.316 e. The van der Waals surface area contributed by atoms with E-state index in [0.717, 1.165) is 34.8 Å². The van der Waals surface area contributed by atoms with Gasteiger partial charge in [-0.1, -0.05) is 97.1 Å². The molecule has 0 amide bonds. The van der Waals surface area contributed by atoms with Crippen molar-refractivity contribution in [3.63, 3.8) is 0 Å². The molecule has 4 nitrogen and oxygen atoms in total. The van der Waals surface area contributed by atoms with Gasteiger partial charge in [0.2, 0.25) is 5.95 Å². The van der Waals surface area contributed by atoms with E-state index in [0.29, 0.717) is 5.95 Å². The summed E-state index contributed by atoms with van der Waals surface area (Å²) in [5, 5.41) is 8.45. The quantitative estimate of drug-likeness (QED) is 0.143. The van der Waals surface area contributed by atoms with E-state index in [9.17, 15) is 0 Å². The van der Waals surface area contributed by atoms with E-state index < -0.39 is 0 Å². The minimum atomic E-state index is 0.678. The Bertz CT molecular complexity index is 2670. The van der Waals surface area contributed by atoms with Gasteiger partial charge in [0.25, 0.3) is 0 Å². The number of allylic oxidation sites excluding steroid dienone is 2. The van der Waals surface area contributed by atoms with E-state index in [4.69, 9.17) is 9.97 Å². The molecule has 6 aromatic carbocycles. The summed E-state index contributed by atoms with van der Waals surface area (Å²) in [5.41, 5.74) is 7.93. The molecule has 0 unspecified atom stereocenters. The van der Waals surface area contributed by atoms with Crippen molar-refractivity contribution in [3.8, 4) is 17.1 Å². The van der Waals surface area contributed by atoms with Crippen LogP contribution in [0.5, 0.6) is 0 Å². The van der Waals surface area contributed by atoms with Gasteiger partial charge in [0.15, 0.2) is 0 Å². The van der Waals surface area contributed by atoms with E-state index in [-0.39, 0.29) is 0 Å². The fourth-order valence-electron chi connectivity index (χ4n) is 7.08. The highest BCUT2D eigenvalue weighted by atomic mass is 15.2. The number of hydrogen-bond donors (Lipinski definition) is 0. The fourth-order valence-corrected chi connectivity index (χ4v) is 7.08. The van der Waals surface area contributed by atoms with E-state index in [2.05, 4.69) is 131 Å². The monoisotopic (exact) mass is 590 g/mol. The molecular formula is C42H30N4. The zero-order chi connectivity index (χ0) is 30.6. The number of fused-ring (bicyclic) bond motifs is 9. The zero-order valence-electron chi connectivity index (χ0n) is 25.3. The summed E-state index contributed by atoms with van der Waals surface area (Å²) in [4.78, 5) is 9.79. The Morgan fingerprint density at radius 2 is 1.33 bits per heavy atom. The van der Waals surface area contributed by atoms with E-state index in [1.807, 2.05) is 30.5 Å². The first-order valence-electron chi connectivity index (χ1n) is 15.8. The molecule has 0 spiro atoms. The molecule has 3 aromatic heterocycles. The zero-order valence-corrected chi connectivity index (χ0v) is 25.3. The maximum absolute atomic E-state index is 4.98. The van der Waals surface area contributed by atoms with Crippen LogP contribution in [0, 0.1) is 0 Å². The van der Waals surface area contributed by atoms with Gasteiger partial charge in [-0.2, -0.15) is 0 Å². The van der Waals surface area contributed by atoms with E-state index in [1.54, 1.807) is 0 Å². The average molecular weight is 591 g/mol. The van der Waals surface area contributed by atoms with Gasteiger partial charge in [0.05, 0.1) is 27.6 Å². The number of benzene rings is 6. The highest BCUT2D eigenvalue weighted by molar-refractivity contribution is 6.24. The van der Waals surface area contributed by atoms with Crippen molar-refractivity contribution < 1.29 is 0 Å². The molecule has 0 bridgehead atoms. The van der Waals surface area contributed by atoms with Crippen molar-refractivity contribution in [1.29, 1.82) is 0 Å². The summed E-state index contributed by atoms with van der Waals surface area (Å²) in [6.45, 7) is 3.90. The number of nitrogens with zero attached hydrogens (tertiary/aromatic N) is 4. The van der Waals surface area contributed by atoms with Gasteiger partial charge in [0, 0.05) is 39.3 Å². The second kappa shape index (κ2) is 10.6. The predicted molar refractivity (Wildman–Crippen MR) is 195 cm³/mol. The first-order chi connectivity index (χ1) is 22.8. The van der Waals surface area contributed by atoms with E-state index in [1.165, 1.54) is 54.5 Å². The van der Waals surface area contributed by atoms with Crippen LogP contribution < -0.4 is 0 Å². The average Bonchev–Trinajstić information content (AvgIpc) is 3.62. The highest BCUT2D eigenvalue weighted by Crippen LogP contribution is 2.42. The molecule has 3 heterocycles. The van der Waals surface area contributed by atoms with Gasteiger partial charge < -0.3 is 4.57 Å². The van der Waals surface area contributed by atoms with Crippen molar-refractivity contribution in [3.05, 3.63) is 146 Å². The minimum absolute atomic E-state index is 0.678. The molecule has 9 aromatic rings. The fraction of sp³-hybridized carbons (Fsp3) is 0.0476. The number of rotatable bonds is 6. The van der Waals surface area contributed by atoms with Crippen LogP contribution in [-0.4, -0.2) is 19.1 Å². The maximum atomic E-state index is 4.98. The maximum Gasteiger partial charge on any atom is 0.235 e. The highest BCUT2D eigenvalue weighted by Gasteiger charge is 2.18. The molecule has 9 rings (SSSR count). The summed E-state index contributed by atoms with van der Waals surface area (Å²) in [7, 11) is 0. The standard InChI is InChI=1S/C42H30N4/c1-2-3-4-13-24-45-37-20-11-9-18-33(37)41-32-17-7-6-15-30(32)34(26-40(41)45)28-22-23-39-35(25-28)31-16-8-12-21-38(31)46(39)42-43-27-29-14-5-10-19-36(29)44-42/h2,5-27H,1,3-4H2/b24-13+. The number of aromatic nitrogens is 4. The van der Waals surface area contributed by atoms with Gasteiger partial charge in [0.1, 0.15) is 0 Å². The summed E-state index contributed by atoms with van der Waals surface area (Å²) in [5.74, 6) is 0.678. The predicted octanol–water partition coefficient (Wildman–Crippen LogP) is 11.1. The summed E-state index contributed by atoms with van der Waals surface area (Å²) >= 11 is 0. The summed E-state index contributed by atoms with van der Waals surface area (Å²) in [6, 6.07) is 43.4. The van der Waals surface area contributed by atoms with E-state index >= 15 is 0 Å². The Balaban J connectivity index is 1.31. The molecule has 0 N–H and O–H groups in total. The van der Waals surface area contributed by atoms with Crippen LogP contribution in [0.2, 0.25) is 0 Å². The molecule has 0 atom stereocenters. The molecule has 4 heteroatoms. The van der Waals surface area contributed by atoms with Crippen LogP contribution in [0.15, 0.2) is 146 Å². The number of para-hydroxylation sites is 3. The van der Waals surface area contributed by atoms with Crippen molar-refractivity contribution in [2.24, 2.45) is 0 Å². The lowest BCUT2D eigenvalue weighted by atomic mass is 9.94. The topological polar surface area (TPSA) is 35.6 Å². The lowest BCUT2D eigenvalue weighted by molar-refractivity contribution is 1.01. The summed E-state index contributed by atoms with van der Waals surface area (Å²) < 4.78 is 4.54. The molecule has 0 saturated carbocycles. The van der Waals surface area contributed by atoms with Crippen molar-refractivity contribution >= 4 is 71.5 Å². The van der Waals surface area contributed by atoms with Crippen molar-refractivity contribution in [2.75, 3.05) is 0 Å². The lowest BCUT2D eigenvalue weighted by Crippen LogP contribution is -2.00. The number of unbranched alkanes of at least 4 members (excludes halogenated alkanes) is 1. The third-order valence-corrected chi connectivity index (χ3v) is 9.17. The number of hydrogen-bond acceptors (Lipinski definition) is 2. The molecule has 46 heavy (non-hydrogen) atoms. The van der Waals surface area contributed by atoms with Crippen LogP contribution >= 0.6 is 0 Å². The molecule has 0 aliphatic carbocycles. The van der Waals surface area contributed by atoms with Gasteiger partial charge in [-0.05, 0) is 71.1 Å². The molecule has 0 aliphatic rings. The smallest absolute Gasteiger partial charge is 0.235 e. The van der Waals surface area contributed by atoms with Gasteiger partial charge in [-0.15, -0.1) is 6.58 Å². The van der Waals surface area contributed by atoms with Crippen LogP contribution in [0.1, 0.15) is 12.8 Å². The normalized spacial score (nSPS) is 12.1. The van der Waals surface area contributed by atoms with Crippen LogP contribution in [0.25, 0.3) is 88.6 Å².